The Balaban J connectivity index is 1.37. The van der Waals surface area contributed by atoms with Crippen molar-refractivity contribution >= 4 is 34.9 Å². The van der Waals surface area contributed by atoms with Gasteiger partial charge in [-0.05, 0) is 60.7 Å². The van der Waals surface area contributed by atoms with Gasteiger partial charge in [0.15, 0.2) is 23.0 Å². The van der Waals surface area contributed by atoms with Gasteiger partial charge in [0.25, 0.3) is 17.1 Å². The van der Waals surface area contributed by atoms with E-state index in [-0.39, 0.29) is 31.0 Å². The summed E-state index contributed by atoms with van der Waals surface area (Å²) < 4.78 is 21.3. The predicted octanol–water partition coefficient (Wildman–Crippen LogP) is 3.29. The first kappa shape index (κ1) is 22.5. The second kappa shape index (κ2) is 9.86. The van der Waals surface area contributed by atoms with Crippen LogP contribution >= 0.6 is 11.8 Å². The largest absolute Gasteiger partial charge is 0.493 e. The number of imide groups is 1. The van der Waals surface area contributed by atoms with E-state index in [1.807, 2.05) is 6.92 Å². The number of methoxy groups -OCH3 is 1. The number of nitrogens with zero attached hydrogens (tertiary/aromatic N) is 1. The fraction of sp³-hybridized carbons (Fsp3) is 0.261. The third kappa shape index (κ3) is 4.90. The Morgan fingerprint density at radius 1 is 1.15 bits per heavy atom. The van der Waals surface area contributed by atoms with E-state index in [0.29, 0.717) is 45.6 Å². The molecule has 33 heavy (non-hydrogen) atoms. The lowest BCUT2D eigenvalue weighted by Gasteiger charge is -2.13. The highest BCUT2D eigenvalue weighted by atomic mass is 32.2. The molecule has 3 amide bonds. The minimum atomic E-state index is -0.407. The van der Waals surface area contributed by atoms with Crippen molar-refractivity contribution in [3.05, 3.63) is 52.4 Å². The Bertz CT molecular complexity index is 1130. The number of hydrogen-bond acceptors (Lipinski definition) is 8. The standard InChI is InChI=1S/C23H22N2O7S/c1-3-30-16-6-4-14(10-18(16)29-2)11-20-22(27)25(23(28)33-20)9-8-24-21(26)15-5-7-17-19(12-15)32-13-31-17/h4-7,10-12H,3,8-9,13H2,1-2H3,(H,24,26)/b20-11+. The Kier molecular flexibility index (Phi) is 6.74. The predicted molar refractivity (Wildman–Crippen MR) is 122 cm³/mol. The summed E-state index contributed by atoms with van der Waals surface area (Å²) in [6, 6.07) is 10.2. The molecular weight excluding hydrogens is 448 g/mol. The van der Waals surface area contributed by atoms with Crippen LogP contribution in [-0.2, 0) is 4.79 Å². The molecule has 2 aromatic rings. The zero-order valence-corrected chi connectivity index (χ0v) is 18.9. The number of rotatable bonds is 8. The van der Waals surface area contributed by atoms with Gasteiger partial charge < -0.3 is 24.3 Å². The number of hydrogen-bond donors (Lipinski definition) is 1. The average molecular weight is 471 g/mol. The highest BCUT2D eigenvalue weighted by Crippen LogP contribution is 2.35. The summed E-state index contributed by atoms with van der Waals surface area (Å²) in [5, 5.41) is 2.33. The van der Waals surface area contributed by atoms with Crippen LogP contribution in [0.15, 0.2) is 41.3 Å². The molecule has 0 aromatic heterocycles. The van der Waals surface area contributed by atoms with E-state index >= 15 is 0 Å². The van der Waals surface area contributed by atoms with Crippen LogP contribution in [0.3, 0.4) is 0 Å². The molecule has 0 radical (unpaired) electrons. The molecule has 1 saturated heterocycles. The number of carbonyl (C=O) groups is 3. The molecule has 0 saturated carbocycles. The van der Waals surface area contributed by atoms with Crippen LogP contribution in [0.4, 0.5) is 4.79 Å². The van der Waals surface area contributed by atoms with Gasteiger partial charge in [0.1, 0.15) is 0 Å². The van der Waals surface area contributed by atoms with Gasteiger partial charge in [-0.15, -0.1) is 0 Å². The van der Waals surface area contributed by atoms with Gasteiger partial charge in [-0.25, -0.2) is 0 Å². The minimum Gasteiger partial charge on any atom is -0.493 e. The van der Waals surface area contributed by atoms with Crippen LogP contribution in [-0.4, -0.2) is 55.6 Å². The van der Waals surface area contributed by atoms with Crippen molar-refractivity contribution in [3.63, 3.8) is 0 Å². The molecule has 0 bridgehead atoms. The Hall–Kier alpha value is -3.66. The van der Waals surface area contributed by atoms with E-state index in [1.165, 1.54) is 7.11 Å². The van der Waals surface area contributed by atoms with Gasteiger partial charge in [0, 0.05) is 18.7 Å². The van der Waals surface area contributed by atoms with E-state index in [1.54, 1.807) is 42.5 Å². The van der Waals surface area contributed by atoms with Crippen LogP contribution in [0.25, 0.3) is 6.08 Å². The number of nitrogens with one attached hydrogen (secondary N) is 1. The first-order valence-corrected chi connectivity index (χ1v) is 11.1. The highest BCUT2D eigenvalue weighted by molar-refractivity contribution is 8.18. The number of amides is 3. The molecule has 2 aromatic carbocycles. The van der Waals surface area contributed by atoms with Crippen LogP contribution in [0, 0.1) is 0 Å². The second-order valence-electron chi connectivity index (χ2n) is 7.00. The smallest absolute Gasteiger partial charge is 0.293 e. The maximum Gasteiger partial charge on any atom is 0.293 e. The molecule has 0 unspecified atom stereocenters. The van der Waals surface area contributed by atoms with Crippen molar-refractivity contribution < 1.29 is 33.3 Å². The molecule has 10 heteroatoms. The van der Waals surface area contributed by atoms with Gasteiger partial charge in [0.2, 0.25) is 6.79 Å². The second-order valence-corrected chi connectivity index (χ2v) is 7.99. The van der Waals surface area contributed by atoms with Gasteiger partial charge in [-0.3, -0.25) is 19.3 Å². The molecule has 172 valence electrons. The summed E-state index contributed by atoms with van der Waals surface area (Å²) in [6.45, 7) is 2.68. The molecule has 2 heterocycles. The highest BCUT2D eigenvalue weighted by Gasteiger charge is 2.34. The third-order valence-electron chi connectivity index (χ3n) is 4.91. The quantitative estimate of drug-likeness (QED) is 0.587. The number of ether oxygens (including phenoxy) is 4. The third-order valence-corrected chi connectivity index (χ3v) is 5.82. The molecule has 1 N–H and O–H groups in total. The molecule has 4 rings (SSSR count). The molecule has 0 aliphatic carbocycles. The summed E-state index contributed by atoms with van der Waals surface area (Å²) >= 11 is 0.857. The van der Waals surface area contributed by atoms with Crippen molar-refractivity contribution in [3.8, 4) is 23.0 Å². The summed E-state index contributed by atoms with van der Waals surface area (Å²) in [5.41, 5.74) is 1.11. The zero-order valence-electron chi connectivity index (χ0n) is 18.1. The maximum absolute atomic E-state index is 12.7. The van der Waals surface area contributed by atoms with Crippen molar-refractivity contribution in [2.75, 3.05) is 33.6 Å². The fourth-order valence-electron chi connectivity index (χ4n) is 3.31. The number of fused-ring (bicyclic) bond motifs is 1. The van der Waals surface area contributed by atoms with Gasteiger partial charge in [0.05, 0.1) is 18.6 Å². The molecule has 1 fully saturated rings. The Morgan fingerprint density at radius 3 is 2.76 bits per heavy atom. The first-order valence-electron chi connectivity index (χ1n) is 10.2. The van der Waals surface area contributed by atoms with Crippen molar-refractivity contribution in [1.29, 1.82) is 0 Å². The minimum absolute atomic E-state index is 0.0604. The van der Waals surface area contributed by atoms with Gasteiger partial charge in [-0.1, -0.05) is 6.07 Å². The molecule has 0 spiro atoms. The molecule has 2 aliphatic heterocycles. The lowest BCUT2D eigenvalue weighted by atomic mass is 10.2. The van der Waals surface area contributed by atoms with E-state index in [2.05, 4.69) is 5.32 Å². The maximum atomic E-state index is 12.7. The van der Waals surface area contributed by atoms with Crippen molar-refractivity contribution in [2.24, 2.45) is 0 Å². The lowest BCUT2D eigenvalue weighted by molar-refractivity contribution is -0.122. The van der Waals surface area contributed by atoms with Crippen LogP contribution in [0.1, 0.15) is 22.8 Å². The van der Waals surface area contributed by atoms with E-state index in [4.69, 9.17) is 18.9 Å². The van der Waals surface area contributed by atoms with Crippen LogP contribution in [0.2, 0.25) is 0 Å². The first-order chi connectivity index (χ1) is 16.0. The SMILES string of the molecule is CCOc1ccc(/C=C2/SC(=O)N(CCNC(=O)c3ccc4c(c3)OCO4)C2=O)cc1OC. The number of carbonyl (C=O) groups excluding carboxylic acids is 3. The summed E-state index contributed by atoms with van der Waals surface area (Å²) in [7, 11) is 1.54. The van der Waals surface area contributed by atoms with Gasteiger partial charge in [-0.2, -0.15) is 0 Å². The molecule has 0 atom stereocenters. The number of thioether (sulfide) groups is 1. The van der Waals surface area contributed by atoms with Gasteiger partial charge >= 0.3 is 0 Å². The zero-order chi connectivity index (χ0) is 23.4. The topological polar surface area (TPSA) is 103 Å². The molecular formula is C23H22N2O7S. The number of benzene rings is 2. The van der Waals surface area contributed by atoms with E-state index in [9.17, 15) is 14.4 Å². The average Bonchev–Trinajstić information content (AvgIpc) is 3.39. The monoisotopic (exact) mass is 470 g/mol. The lowest BCUT2D eigenvalue weighted by Crippen LogP contribution is -2.37. The van der Waals surface area contributed by atoms with Crippen LogP contribution < -0.4 is 24.3 Å². The fourth-order valence-corrected chi connectivity index (χ4v) is 4.18. The van der Waals surface area contributed by atoms with Crippen LogP contribution in [0.5, 0.6) is 23.0 Å². The van der Waals surface area contributed by atoms with E-state index in [0.717, 1.165) is 16.7 Å². The van der Waals surface area contributed by atoms with Crippen molar-refractivity contribution in [1.82, 2.24) is 10.2 Å². The summed E-state index contributed by atoms with van der Waals surface area (Å²) in [5.74, 6) is 1.48. The summed E-state index contributed by atoms with van der Waals surface area (Å²) in [4.78, 5) is 38.9. The molecule has 2 aliphatic rings. The van der Waals surface area contributed by atoms with Crippen molar-refractivity contribution in [2.45, 2.75) is 6.92 Å². The summed E-state index contributed by atoms with van der Waals surface area (Å²) in [6.07, 6.45) is 1.63. The Labute approximate surface area is 194 Å². The normalized spacial score (nSPS) is 15.8. The Morgan fingerprint density at radius 2 is 1.97 bits per heavy atom. The molecule has 9 nitrogen and oxygen atoms in total. The van der Waals surface area contributed by atoms with E-state index < -0.39 is 5.91 Å².